The van der Waals surface area contributed by atoms with Crippen LogP contribution < -0.4 is 10.9 Å². The third-order valence-corrected chi connectivity index (χ3v) is 4.42. The molecule has 0 aliphatic rings. The Kier molecular flexibility index (Phi) is 5.24. The first-order valence-corrected chi connectivity index (χ1v) is 9.12. The highest BCUT2D eigenvalue weighted by Gasteiger charge is 2.11. The van der Waals surface area contributed by atoms with Gasteiger partial charge in [-0.05, 0) is 24.5 Å². The van der Waals surface area contributed by atoms with E-state index in [-0.39, 0.29) is 5.56 Å². The van der Waals surface area contributed by atoms with Gasteiger partial charge in [0.15, 0.2) is 5.82 Å². The van der Waals surface area contributed by atoms with Gasteiger partial charge in [-0.1, -0.05) is 36.4 Å². The Morgan fingerprint density at radius 3 is 2.79 bits per heavy atom. The topological polar surface area (TPSA) is 88.5 Å². The van der Waals surface area contributed by atoms with Gasteiger partial charge in [0.2, 0.25) is 0 Å². The zero-order valence-corrected chi connectivity index (χ0v) is 15.2. The molecule has 0 fully saturated rings. The normalized spacial score (nSPS) is 10.7. The monoisotopic (exact) mass is 372 g/mol. The third kappa shape index (κ3) is 3.98. The van der Waals surface area contributed by atoms with Crippen molar-refractivity contribution < 1.29 is 0 Å². The minimum atomic E-state index is -0.179. The molecule has 7 heteroatoms. The second-order valence-electron chi connectivity index (χ2n) is 6.35. The molecular formula is C21H20N6O. The highest BCUT2D eigenvalue weighted by atomic mass is 16.1. The van der Waals surface area contributed by atoms with E-state index in [1.807, 2.05) is 24.3 Å². The van der Waals surface area contributed by atoms with Crippen LogP contribution in [0.2, 0.25) is 0 Å². The van der Waals surface area contributed by atoms with Crippen molar-refractivity contribution >= 4 is 5.82 Å². The Labute approximate surface area is 162 Å². The molecular weight excluding hydrogens is 352 g/mol. The van der Waals surface area contributed by atoms with Crippen molar-refractivity contribution in [3.8, 4) is 16.9 Å². The maximum Gasteiger partial charge on any atom is 0.280 e. The molecule has 4 aromatic rings. The molecule has 0 atom stereocenters. The van der Waals surface area contributed by atoms with Gasteiger partial charge in [-0.15, -0.1) is 0 Å². The summed E-state index contributed by atoms with van der Waals surface area (Å²) in [5.41, 5.74) is 2.44. The van der Waals surface area contributed by atoms with Crippen molar-refractivity contribution in [1.82, 2.24) is 24.7 Å². The largest absolute Gasteiger partial charge is 0.370 e. The first-order chi connectivity index (χ1) is 13.8. The van der Waals surface area contributed by atoms with Gasteiger partial charge in [0.25, 0.3) is 5.56 Å². The fraction of sp³-hybridized carbons (Fsp3) is 0.143. The van der Waals surface area contributed by atoms with Gasteiger partial charge < -0.3 is 5.32 Å². The van der Waals surface area contributed by atoms with Gasteiger partial charge in [0, 0.05) is 36.8 Å². The Bertz CT molecular complexity index is 1090. The van der Waals surface area contributed by atoms with Gasteiger partial charge >= 0.3 is 0 Å². The number of H-pyrrole nitrogens is 1. The molecule has 0 aliphatic carbocycles. The Balaban J connectivity index is 1.44. The lowest BCUT2D eigenvalue weighted by Gasteiger charge is -2.07. The lowest BCUT2D eigenvalue weighted by Crippen LogP contribution is -2.17. The molecule has 140 valence electrons. The van der Waals surface area contributed by atoms with Gasteiger partial charge in [-0.25, -0.2) is 14.6 Å². The molecule has 0 bridgehead atoms. The summed E-state index contributed by atoms with van der Waals surface area (Å²) in [5, 5.41) is 6.26. The van der Waals surface area contributed by atoms with E-state index in [0.717, 1.165) is 24.9 Å². The fourth-order valence-corrected chi connectivity index (χ4v) is 2.99. The van der Waals surface area contributed by atoms with E-state index in [4.69, 9.17) is 0 Å². The molecule has 2 N–H and O–H groups in total. The van der Waals surface area contributed by atoms with Crippen LogP contribution in [0.25, 0.3) is 16.9 Å². The summed E-state index contributed by atoms with van der Waals surface area (Å²) in [5.74, 6) is 1.17. The number of benzene rings is 1. The fourth-order valence-electron chi connectivity index (χ4n) is 2.99. The molecule has 0 amide bonds. The van der Waals surface area contributed by atoms with E-state index in [9.17, 15) is 4.79 Å². The van der Waals surface area contributed by atoms with Gasteiger partial charge in [0.1, 0.15) is 12.1 Å². The number of hydrogen-bond acceptors (Lipinski definition) is 5. The standard InChI is InChI=1S/C21H20N6O/c28-21-18(17-9-5-10-22-13-17)14-26-27(21)20-12-19(24-15-25-20)23-11-4-8-16-6-2-1-3-7-16/h1-3,5-7,9-10,12-15,26H,4,8,11H2,(H,23,24,25). The van der Waals surface area contributed by atoms with E-state index >= 15 is 0 Å². The second-order valence-corrected chi connectivity index (χ2v) is 6.35. The van der Waals surface area contributed by atoms with Crippen LogP contribution in [0.5, 0.6) is 0 Å². The second kappa shape index (κ2) is 8.30. The number of rotatable bonds is 7. The molecule has 0 spiro atoms. The van der Waals surface area contributed by atoms with E-state index in [0.29, 0.717) is 17.2 Å². The Morgan fingerprint density at radius 1 is 1.07 bits per heavy atom. The summed E-state index contributed by atoms with van der Waals surface area (Å²) in [6.45, 7) is 0.784. The first-order valence-electron chi connectivity index (χ1n) is 9.12. The number of nitrogens with zero attached hydrogens (tertiary/aromatic N) is 4. The lowest BCUT2D eigenvalue weighted by atomic mass is 10.1. The Hall–Kier alpha value is -3.74. The van der Waals surface area contributed by atoms with E-state index in [2.05, 4.69) is 37.5 Å². The number of aryl methyl sites for hydroxylation is 1. The number of aromatic amines is 1. The summed E-state index contributed by atoms with van der Waals surface area (Å²) in [6, 6.07) is 15.8. The SMILES string of the molecule is O=c1c(-c2cccnc2)c[nH]n1-c1cc(NCCCc2ccccc2)ncn1. The maximum absolute atomic E-state index is 12.7. The molecule has 28 heavy (non-hydrogen) atoms. The molecule has 4 rings (SSSR count). The number of nitrogens with one attached hydrogen (secondary N) is 2. The van der Waals surface area contributed by atoms with Crippen LogP contribution in [-0.4, -0.2) is 31.3 Å². The average molecular weight is 372 g/mol. The molecule has 0 saturated heterocycles. The third-order valence-electron chi connectivity index (χ3n) is 4.42. The van der Waals surface area contributed by atoms with Crippen LogP contribution >= 0.6 is 0 Å². The summed E-state index contributed by atoms with van der Waals surface area (Å²) in [4.78, 5) is 25.2. The minimum absolute atomic E-state index is 0.179. The molecule has 3 aromatic heterocycles. The van der Waals surface area contributed by atoms with Gasteiger partial charge in [-0.3, -0.25) is 14.9 Å². The maximum atomic E-state index is 12.7. The number of pyridine rings is 1. The Morgan fingerprint density at radius 2 is 1.96 bits per heavy atom. The van der Waals surface area contributed by atoms with Crippen LogP contribution in [0.3, 0.4) is 0 Å². The molecule has 0 unspecified atom stereocenters. The molecule has 1 aromatic carbocycles. The first kappa shape index (κ1) is 17.7. The van der Waals surface area contributed by atoms with Crippen LogP contribution in [0, 0.1) is 0 Å². The van der Waals surface area contributed by atoms with Crippen molar-refractivity contribution in [2.24, 2.45) is 0 Å². The summed E-state index contributed by atoms with van der Waals surface area (Å²) in [6.07, 6.45) is 8.43. The molecule has 3 heterocycles. The van der Waals surface area contributed by atoms with Crippen LogP contribution in [0.15, 0.2) is 78.2 Å². The molecule has 0 radical (unpaired) electrons. The number of aromatic nitrogens is 5. The summed E-state index contributed by atoms with van der Waals surface area (Å²) in [7, 11) is 0. The predicted molar refractivity (Wildman–Crippen MR) is 108 cm³/mol. The lowest BCUT2D eigenvalue weighted by molar-refractivity contribution is 0.810. The van der Waals surface area contributed by atoms with E-state index in [1.54, 1.807) is 30.7 Å². The quantitative estimate of drug-likeness (QED) is 0.487. The van der Waals surface area contributed by atoms with Crippen molar-refractivity contribution in [1.29, 1.82) is 0 Å². The highest BCUT2D eigenvalue weighted by molar-refractivity contribution is 5.60. The summed E-state index contributed by atoms with van der Waals surface area (Å²) >= 11 is 0. The van der Waals surface area contributed by atoms with Gasteiger partial charge in [0.05, 0.1) is 5.56 Å². The van der Waals surface area contributed by atoms with Crippen LogP contribution in [0.1, 0.15) is 12.0 Å². The van der Waals surface area contributed by atoms with Crippen LogP contribution in [-0.2, 0) is 6.42 Å². The smallest absolute Gasteiger partial charge is 0.280 e. The summed E-state index contributed by atoms with van der Waals surface area (Å²) < 4.78 is 1.40. The van der Waals surface area contributed by atoms with E-state index in [1.165, 1.54) is 16.6 Å². The highest BCUT2D eigenvalue weighted by Crippen LogP contribution is 2.14. The van der Waals surface area contributed by atoms with E-state index < -0.39 is 0 Å². The molecule has 0 saturated carbocycles. The van der Waals surface area contributed by atoms with Gasteiger partial charge in [-0.2, -0.15) is 0 Å². The van der Waals surface area contributed by atoms with Crippen molar-refractivity contribution in [3.05, 3.63) is 89.4 Å². The number of anilines is 1. The van der Waals surface area contributed by atoms with Crippen molar-refractivity contribution in [2.75, 3.05) is 11.9 Å². The van der Waals surface area contributed by atoms with Crippen LogP contribution in [0.4, 0.5) is 5.82 Å². The minimum Gasteiger partial charge on any atom is -0.370 e. The average Bonchev–Trinajstić information content (AvgIpc) is 3.14. The zero-order valence-electron chi connectivity index (χ0n) is 15.2. The predicted octanol–water partition coefficient (Wildman–Crippen LogP) is 3.06. The van der Waals surface area contributed by atoms with Crippen molar-refractivity contribution in [3.63, 3.8) is 0 Å². The van der Waals surface area contributed by atoms with Crippen molar-refractivity contribution in [2.45, 2.75) is 12.8 Å². The molecule has 0 aliphatic heterocycles. The molecule has 7 nitrogen and oxygen atoms in total. The number of hydrogen-bond donors (Lipinski definition) is 2. The zero-order chi connectivity index (χ0) is 19.2.